The van der Waals surface area contributed by atoms with Gasteiger partial charge in [-0.2, -0.15) is 0 Å². The summed E-state index contributed by atoms with van der Waals surface area (Å²) in [7, 11) is 0. The largest absolute Gasteiger partial charge is 0.480 e. The van der Waals surface area contributed by atoms with E-state index in [2.05, 4.69) is 5.32 Å². The SMILES string of the molecule is C[C@@]1(NCCCC[C@H](N)C(=O)O)OC[C@@H](O)[C@@H](O[C@@H]2O[C@H](CO)[C@H](O)[C@H](O)[C@H]2O)[C@@H]1O. The standard InChI is InChI=1S/C18H34N2O11/c1-18(20-5-3-2-4-8(19)16(27)28)15(26)14(9(22)7-29-18)31-17-13(25)12(24)11(23)10(6-21)30-17/h8-15,17,20-26H,2-7,19H2,1H3,(H,27,28)/t8-,9+,10+,11-,12-,13+,14+,15-,17-,18+/m0/s1. The molecule has 13 nitrogen and oxygen atoms in total. The Kier molecular flexibility index (Phi) is 9.54. The molecule has 0 saturated carbocycles. The first kappa shape index (κ1) is 26.3. The second-order valence-corrected chi connectivity index (χ2v) is 8.10. The van der Waals surface area contributed by atoms with Gasteiger partial charge in [0.1, 0.15) is 54.5 Å². The number of aliphatic carboxylic acids is 1. The Morgan fingerprint density at radius 3 is 2.48 bits per heavy atom. The maximum absolute atomic E-state index is 10.8. The van der Waals surface area contributed by atoms with E-state index in [-0.39, 0.29) is 6.61 Å². The van der Waals surface area contributed by atoms with Crippen molar-refractivity contribution in [2.75, 3.05) is 19.8 Å². The fraction of sp³-hybridized carbons (Fsp3) is 0.944. The van der Waals surface area contributed by atoms with Crippen molar-refractivity contribution < 1.29 is 54.8 Å². The number of aliphatic hydroxyl groups is 6. The second-order valence-electron chi connectivity index (χ2n) is 8.10. The summed E-state index contributed by atoms with van der Waals surface area (Å²) in [5.41, 5.74) is 4.11. The predicted molar refractivity (Wildman–Crippen MR) is 102 cm³/mol. The molecule has 13 heteroatoms. The van der Waals surface area contributed by atoms with Crippen LogP contribution in [0.25, 0.3) is 0 Å². The highest BCUT2D eigenvalue weighted by Gasteiger charge is 2.51. The van der Waals surface area contributed by atoms with Crippen LogP contribution in [-0.2, 0) is 19.0 Å². The zero-order valence-electron chi connectivity index (χ0n) is 17.3. The molecule has 0 aromatic carbocycles. The molecule has 10 atom stereocenters. The Balaban J connectivity index is 1.94. The Labute approximate surface area is 179 Å². The Bertz CT molecular complexity index is 583. The Hall–Kier alpha value is -0.970. The second kappa shape index (κ2) is 11.2. The highest BCUT2D eigenvalue weighted by atomic mass is 16.7. The predicted octanol–water partition coefficient (Wildman–Crippen LogP) is -4.19. The number of rotatable bonds is 10. The molecule has 0 aliphatic carbocycles. The number of hydrogen-bond acceptors (Lipinski definition) is 12. The number of unbranched alkanes of at least 4 members (excludes halogenated alkanes) is 1. The van der Waals surface area contributed by atoms with Crippen LogP contribution in [0.2, 0.25) is 0 Å². The third-order valence-electron chi connectivity index (χ3n) is 5.68. The smallest absolute Gasteiger partial charge is 0.320 e. The maximum atomic E-state index is 10.8. The van der Waals surface area contributed by atoms with Gasteiger partial charge in [-0.05, 0) is 26.3 Å². The van der Waals surface area contributed by atoms with Gasteiger partial charge in [-0.15, -0.1) is 0 Å². The van der Waals surface area contributed by atoms with E-state index in [1.54, 1.807) is 0 Å². The van der Waals surface area contributed by atoms with Crippen LogP contribution in [0, 0.1) is 0 Å². The van der Waals surface area contributed by atoms with Gasteiger partial charge in [-0.1, -0.05) is 6.42 Å². The minimum absolute atomic E-state index is 0.216. The number of carboxylic acids is 1. The summed E-state index contributed by atoms with van der Waals surface area (Å²) in [6.45, 7) is 1.03. The number of nitrogens with two attached hydrogens (primary N) is 1. The summed E-state index contributed by atoms with van der Waals surface area (Å²) >= 11 is 0. The lowest BCUT2D eigenvalue weighted by atomic mass is 9.94. The number of carbonyl (C=O) groups is 1. The van der Waals surface area contributed by atoms with Gasteiger partial charge in [0.2, 0.25) is 0 Å². The average Bonchev–Trinajstić information content (AvgIpc) is 2.73. The minimum Gasteiger partial charge on any atom is -0.480 e. The molecule has 0 aromatic rings. The van der Waals surface area contributed by atoms with Gasteiger partial charge in [-0.25, -0.2) is 0 Å². The van der Waals surface area contributed by atoms with Gasteiger partial charge in [0.15, 0.2) is 6.29 Å². The van der Waals surface area contributed by atoms with E-state index in [1.165, 1.54) is 6.92 Å². The van der Waals surface area contributed by atoms with E-state index in [0.29, 0.717) is 25.8 Å². The minimum atomic E-state index is -1.68. The Morgan fingerprint density at radius 2 is 1.87 bits per heavy atom. The number of aliphatic hydroxyl groups excluding tert-OH is 6. The van der Waals surface area contributed by atoms with Crippen LogP contribution >= 0.6 is 0 Å². The van der Waals surface area contributed by atoms with E-state index in [1.807, 2.05) is 0 Å². The van der Waals surface area contributed by atoms with Crippen molar-refractivity contribution in [3.63, 3.8) is 0 Å². The van der Waals surface area contributed by atoms with Crippen LogP contribution in [0.4, 0.5) is 0 Å². The quantitative estimate of drug-likeness (QED) is 0.143. The molecular formula is C18H34N2O11. The number of carboxylic acid groups (broad SMARTS) is 1. The summed E-state index contributed by atoms with van der Waals surface area (Å²) in [6, 6.07) is -0.946. The molecule has 10 N–H and O–H groups in total. The lowest BCUT2D eigenvalue weighted by Crippen LogP contribution is -2.68. The number of ether oxygens (including phenoxy) is 3. The monoisotopic (exact) mass is 454 g/mol. The van der Waals surface area contributed by atoms with Gasteiger partial charge in [0.25, 0.3) is 0 Å². The fourth-order valence-electron chi connectivity index (χ4n) is 3.57. The van der Waals surface area contributed by atoms with Crippen molar-refractivity contribution in [3.05, 3.63) is 0 Å². The van der Waals surface area contributed by atoms with Gasteiger partial charge in [0, 0.05) is 0 Å². The fourth-order valence-corrected chi connectivity index (χ4v) is 3.57. The van der Waals surface area contributed by atoms with E-state index < -0.39 is 73.4 Å². The van der Waals surface area contributed by atoms with Gasteiger partial charge in [-0.3, -0.25) is 10.1 Å². The molecule has 2 rings (SSSR count). The topological polar surface area (TPSA) is 224 Å². The average molecular weight is 454 g/mol. The molecule has 182 valence electrons. The lowest BCUT2D eigenvalue weighted by Gasteiger charge is -2.48. The molecule has 0 spiro atoms. The van der Waals surface area contributed by atoms with Crippen molar-refractivity contribution >= 4 is 5.97 Å². The number of nitrogens with one attached hydrogen (secondary N) is 1. The lowest BCUT2D eigenvalue weighted by molar-refractivity contribution is -0.344. The summed E-state index contributed by atoms with van der Waals surface area (Å²) in [4.78, 5) is 10.7. The molecule has 2 aliphatic rings. The summed E-state index contributed by atoms with van der Waals surface area (Å²) < 4.78 is 16.4. The number of hydrogen-bond donors (Lipinski definition) is 9. The first-order valence-corrected chi connectivity index (χ1v) is 10.2. The zero-order valence-corrected chi connectivity index (χ0v) is 17.3. The van der Waals surface area contributed by atoms with Gasteiger partial charge in [0.05, 0.1) is 13.2 Å². The third-order valence-corrected chi connectivity index (χ3v) is 5.68. The summed E-state index contributed by atoms with van der Waals surface area (Å²) in [6.07, 6.45) is -10.3. The molecule has 2 aliphatic heterocycles. The molecule has 2 saturated heterocycles. The molecule has 2 fully saturated rings. The molecular weight excluding hydrogens is 420 g/mol. The Morgan fingerprint density at radius 1 is 1.19 bits per heavy atom. The molecule has 2 heterocycles. The molecule has 0 amide bonds. The van der Waals surface area contributed by atoms with Crippen LogP contribution in [0.3, 0.4) is 0 Å². The molecule has 0 bridgehead atoms. The van der Waals surface area contributed by atoms with Crippen LogP contribution in [0.5, 0.6) is 0 Å². The van der Waals surface area contributed by atoms with Crippen molar-refractivity contribution in [2.45, 2.75) is 87.0 Å². The van der Waals surface area contributed by atoms with Crippen molar-refractivity contribution in [3.8, 4) is 0 Å². The molecule has 31 heavy (non-hydrogen) atoms. The van der Waals surface area contributed by atoms with Crippen LogP contribution < -0.4 is 11.1 Å². The van der Waals surface area contributed by atoms with Crippen molar-refractivity contribution in [2.24, 2.45) is 5.73 Å². The van der Waals surface area contributed by atoms with E-state index in [9.17, 15) is 35.4 Å². The van der Waals surface area contributed by atoms with Crippen molar-refractivity contribution in [1.82, 2.24) is 5.32 Å². The third kappa shape index (κ3) is 6.30. The summed E-state index contributed by atoms with van der Waals surface area (Å²) in [5.74, 6) is -1.08. The van der Waals surface area contributed by atoms with Crippen LogP contribution in [0.15, 0.2) is 0 Å². The first-order chi connectivity index (χ1) is 14.5. The maximum Gasteiger partial charge on any atom is 0.320 e. The van der Waals surface area contributed by atoms with Crippen LogP contribution in [0.1, 0.15) is 26.2 Å². The van der Waals surface area contributed by atoms with E-state index >= 15 is 0 Å². The van der Waals surface area contributed by atoms with Crippen molar-refractivity contribution in [1.29, 1.82) is 0 Å². The molecule has 0 aromatic heterocycles. The van der Waals surface area contributed by atoms with Gasteiger partial charge < -0.3 is 55.7 Å². The highest BCUT2D eigenvalue weighted by Crippen LogP contribution is 2.30. The van der Waals surface area contributed by atoms with Gasteiger partial charge >= 0.3 is 5.97 Å². The van der Waals surface area contributed by atoms with E-state index in [0.717, 1.165) is 0 Å². The summed E-state index contributed by atoms with van der Waals surface area (Å²) in [5, 5.41) is 72.0. The first-order valence-electron chi connectivity index (χ1n) is 10.2. The zero-order chi connectivity index (χ0) is 23.3. The highest BCUT2D eigenvalue weighted by molar-refractivity contribution is 5.72. The molecule has 0 radical (unpaired) electrons. The molecule has 0 unspecified atom stereocenters. The van der Waals surface area contributed by atoms with Crippen LogP contribution in [-0.4, -0.2) is 122 Å². The normalized spacial score (nSPS) is 42.3. The van der Waals surface area contributed by atoms with E-state index in [4.69, 9.17) is 25.1 Å².